The fourth-order valence-electron chi connectivity index (χ4n) is 1.71. The standard InChI is InChI=1S/C13H17FO/c1-9-4-5-12(11(3)14)8-13(9)10(2)6-7-15/h4-5,7-8,10-11H,6H2,1-3H3. The van der Waals surface area contributed by atoms with Gasteiger partial charge in [0.15, 0.2) is 0 Å². The predicted octanol–water partition coefficient (Wildman–Crippen LogP) is 3.72. The lowest BCUT2D eigenvalue weighted by atomic mass is 9.92. The molecule has 0 bridgehead atoms. The maximum atomic E-state index is 13.1. The van der Waals surface area contributed by atoms with Crippen molar-refractivity contribution in [3.8, 4) is 0 Å². The molecule has 0 heterocycles. The predicted molar refractivity (Wildman–Crippen MR) is 59.8 cm³/mol. The average molecular weight is 208 g/mol. The number of carbonyl (C=O) groups excluding carboxylic acids is 1. The van der Waals surface area contributed by atoms with Crippen LogP contribution in [0, 0.1) is 6.92 Å². The van der Waals surface area contributed by atoms with Crippen LogP contribution < -0.4 is 0 Å². The summed E-state index contributed by atoms with van der Waals surface area (Å²) in [6.45, 7) is 5.51. The molecular formula is C13H17FO. The van der Waals surface area contributed by atoms with E-state index in [1.807, 2.05) is 26.0 Å². The molecule has 2 unspecified atom stereocenters. The third-order valence-electron chi connectivity index (χ3n) is 2.74. The number of hydrogen-bond acceptors (Lipinski definition) is 1. The first-order valence-corrected chi connectivity index (χ1v) is 5.24. The number of aryl methyl sites for hydroxylation is 1. The zero-order valence-electron chi connectivity index (χ0n) is 9.46. The summed E-state index contributed by atoms with van der Waals surface area (Å²) in [4.78, 5) is 10.4. The molecule has 0 aromatic heterocycles. The minimum absolute atomic E-state index is 0.168. The molecule has 2 atom stereocenters. The van der Waals surface area contributed by atoms with E-state index in [1.54, 1.807) is 6.07 Å². The smallest absolute Gasteiger partial charge is 0.122 e. The molecule has 0 spiro atoms. The Bertz CT molecular complexity index is 344. The van der Waals surface area contributed by atoms with Crippen LogP contribution in [0.5, 0.6) is 0 Å². The normalized spacial score (nSPS) is 14.7. The Morgan fingerprint density at radius 2 is 2.07 bits per heavy atom. The van der Waals surface area contributed by atoms with Crippen LogP contribution in [0.2, 0.25) is 0 Å². The SMILES string of the molecule is Cc1ccc(C(C)F)cc1C(C)CC=O. The monoisotopic (exact) mass is 208 g/mol. The molecule has 0 aliphatic carbocycles. The first-order valence-electron chi connectivity index (χ1n) is 5.24. The summed E-state index contributed by atoms with van der Waals surface area (Å²) in [6, 6.07) is 5.59. The van der Waals surface area contributed by atoms with E-state index in [-0.39, 0.29) is 5.92 Å². The molecule has 2 heteroatoms. The van der Waals surface area contributed by atoms with Crippen molar-refractivity contribution in [1.29, 1.82) is 0 Å². The van der Waals surface area contributed by atoms with Crippen LogP contribution in [0.3, 0.4) is 0 Å². The maximum Gasteiger partial charge on any atom is 0.122 e. The minimum Gasteiger partial charge on any atom is -0.303 e. The Kier molecular flexibility index (Phi) is 4.01. The first kappa shape index (κ1) is 11.9. The number of carbonyl (C=O) groups is 1. The molecule has 0 aliphatic rings. The molecule has 0 amide bonds. The van der Waals surface area contributed by atoms with Gasteiger partial charge in [0, 0.05) is 6.42 Å². The van der Waals surface area contributed by atoms with E-state index in [4.69, 9.17) is 0 Å². The molecule has 1 aromatic rings. The Hall–Kier alpha value is -1.18. The van der Waals surface area contributed by atoms with Crippen LogP contribution in [0.4, 0.5) is 4.39 Å². The van der Waals surface area contributed by atoms with Crippen LogP contribution in [-0.4, -0.2) is 6.29 Å². The highest BCUT2D eigenvalue weighted by molar-refractivity contribution is 5.52. The Labute approximate surface area is 90.3 Å². The van der Waals surface area contributed by atoms with Crippen LogP contribution in [0.25, 0.3) is 0 Å². The number of aldehydes is 1. The lowest BCUT2D eigenvalue weighted by molar-refractivity contribution is -0.108. The summed E-state index contributed by atoms with van der Waals surface area (Å²) < 4.78 is 13.1. The van der Waals surface area contributed by atoms with Gasteiger partial charge in [-0.25, -0.2) is 4.39 Å². The summed E-state index contributed by atoms with van der Waals surface area (Å²) in [5.74, 6) is 0.168. The van der Waals surface area contributed by atoms with Gasteiger partial charge in [-0.1, -0.05) is 25.1 Å². The van der Waals surface area contributed by atoms with Gasteiger partial charge in [0.2, 0.25) is 0 Å². The number of rotatable bonds is 4. The summed E-state index contributed by atoms with van der Waals surface area (Å²) >= 11 is 0. The molecular weight excluding hydrogens is 191 g/mol. The van der Waals surface area contributed by atoms with E-state index < -0.39 is 6.17 Å². The van der Waals surface area contributed by atoms with Gasteiger partial charge in [-0.3, -0.25) is 0 Å². The molecule has 1 rings (SSSR count). The largest absolute Gasteiger partial charge is 0.303 e. The zero-order chi connectivity index (χ0) is 11.4. The van der Waals surface area contributed by atoms with E-state index in [9.17, 15) is 9.18 Å². The molecule has 15 heavy (non-hydrogen) atoms. The lowest BCUT2D eigenvalue weighted by Crippen LogP contribution is -1.99. The van der Waals surface area contributed by atoms with Crippen LogP contribution in [0.15, 0.2) is 18.2 Å². The van der Waals surface area contributed by atoms with Gasteiger partial charge >= 0.3 is 0 Å². The van der Waals surface area contributed by atoms with Crippen molar-refractivity contribution < 1.29 is 9.18 Å². The molecule has 0 saturated carbocycles. The lowest BCUT2D eigenvalue weighted by Gasteiger charge is -2.14. The van der Waals surface area contributed by atoms with E-state index in [0.717, 1.165) is 17.4 Å². The molecule has 1 aromatic carbocycles. The molecule has 82 valence electrons. The first-order chi connectivity index (χ1) is 7.06. The summed E-state index contributed by atoms with van der Waals surface area (Å²) in [6.07, 6.45) is 0.452. The van der Waals surface area contributed by atoms with Crippen LogP contribution >= 0.6 is 0 Å². The quantitative estimate of drug-likeness (QED) is 0.689. The van der Waals surface area contributed by atoms with E-state index in [0.29, 0.717) is 12.0 Å². The van der Waals surface area contributed by atoms with E-state index >= 15 is 0 Å². The Balaban J connectivity index is 3.04. The summed E-state index contributed by atoms with van der Waals surface area (Å²) in [7, 11) is 0. The fraction of sp³-hybridized carbons (Fsp3) is 0.462. The number of alkyl halides is 1. The third kappa shape index (κ3) is 2.88. The highest BCUT2D eigenvalue weighted by Crippen LogP contribution is 2.26. The van der Waals surface area contributed by atoms with Crippen molar-refractivity contribution in [1.82, 2.24) is 0 Å². The van der Waals surface area contributed by atoms with Crippen molar-refractivity contribution in [3.05, 3.63) is 34.9 Å². The van der Waals surface area contributed by atoms with Gasteiger partial charge < -0.3 is 4.79 Å². The molecule has 0 fully saturated rings. The van der Waals surface area contributed by atoms with Crippen LogP contribution in [0.1, 0.15) is 49.0 Å². The highest BCUT2D eigenvalue weighted by atomic mass is 19.1. The Morgan fingerprint density at radius 1 is 1.40 bits per heavy atom. The van der Waals surface area contributed by atoms with Gasteiger partial charge in [0.25, 0.3) is 0 Å². The molecule has 0 N–H and O–H groups in total. The molecule has 0 radical (unpaired) electrons. The Morgan fingerprint density at radius 3 is 2.60 bits per heavy atom. The molecule has 0 saturated heterocycles. The second kappa shape index (κ2) is 5.06. The van der Waals surface area contributed by atoms with Gasteiger partial charge in [-0.15, -0.1) is 0 Å². The zero-order valence-corrected chi connectivity index (χ0v) is 9.46. The van der Waals surface area contributed by atoms with Crippen molar-refractivity contribution in [2.75, 3.05) is 0 Å². The molecule has 0 aliphatic heterocycles. The van der Waals surface area contributed by atoms with Crippen molar-refractivity contribution >= 4 is 6.29 Å². The topological polar surface area (TPSA) is 17.1 Å². The average Bonchev–Trinajstić information content (AvgIpc) is 2.18. The number of halogens is 1. The highest BCUT2D eigenvalue weighted by Gasteiger charge is 2.11. The van der Waals surface area contributed by atoms with E-state index in [2.05, 4.69) is 0 Å². The summed E-state index contributed by atoms with van der Waals surface area (Å²) in [5, 5.41) is 0. The van der Waals surface area contributed by atoms with Crippen LogP contribution in [-0.2, 0) is 4.79 Å². The van der Waals surface area contributed by atoms with Gasteiger partial charge in [-0.05, 0) is 36.5 Å². The van der Waals surface area contributed by atoms with Crippen molar-refractivity contribution in [2.24, 2.45) is 0 Å². The fourth-order valence-corrected chi connectivity index (χ4v) is 1.71. The van der Waals surface area contributed by atoms with Gasteiger partial charge in [0.05, 0.1) is 0 Å². The van der Waals surface area contributed by atoms with Gasteiger partial charge in [-0.2, -0.15) is 0 Å². The van der Waals surface area contributed by atoms with E-state index in [1.165, 1.54) is 6.92 Å². The maximum absolute atomic E-state index is 13.1. The second-order valence-electron chi connectivity index (χ2n) is 4.04. The minimum atomic E-state index is -0.951. The number of hydrogen-bond donors (Lipinski definition) is 0. The van der Waals surface area contributed by atoms with Crippen molar-refractivity contribution in [2.45, 2.75) is 39.3 Å². The second-order valence-corrected chi connectivity index (χ2v) is 4.04. The molecule has 1 nitrogen and oxygen atoms in total. The third-order valence-corrected chi connectivity index (χ3v) is 2.74. The van der Waals surface area contributed by atoms with Gasteiger partial charge in [0.1, 0.15) is 12.5 Å². The summed E-state index contributed by atoms with van der Waals surface area (Å²) in [5.41, 5.74) is 2.88. The van der Waals surface area contributed by atoms with Crippen molar-refractivity contribution in [3.63, 3.8) is 0 Å². The number of benzene rings is 1.